The Kier molecular flexibility index (Phi) is 4.44. The summed E-state index contributed by atoms with van der Waals surface area (Å²) in [4.78, 5) is 29.2. The summed E-state index contributed by atoms with van der Waals surface area (Å²) in [6.45, 7) is 4.52. The molecule has 2 aliphatic heterocycles. The van der Waals surface area contributed by atoms with E-state index in [0.29, 0.717) is 18.5 Å². The van der Waals surface area contributed by atoms with Crippen LogP contribution in [0, 0.1) is 5.92 Å². The monoisotopic (exact) mass is 308 g/mol. The number of ether oxygens (including phenoxy) is 1. The lowest BCUT2D eigenvalue weighted by Gasteiger charge is -2.49. The number of piperidine rings is 1. The van der Waals surface area contributed by atoms with Crippen molar-refractivity contribution in [2.45, 2.75) is 63.5 Å². The standard InChI is InChI=1S/C17H28N2O3/c1-13(20)19-10-7-15(18-8-3-4-9-18)12-17(19,16(21)22-2)11-14-5-6-14/h14-15H,3-12H2,1-2H3. The number of amides is 1. The molecule has 5 heteroatoms. The predicted octanol–water partition coefficient (Wildman–Crippen LogP) is 1.80. The fourth-order valence-electron chi connectivity index (χ4n) is 4.43. The van der Waals surface area contributed by atoms with E-state index in [1.165, 1.54) is 32.8 Å². The van der Waals surface area contributed by atoms with E-state index in [9.17, 15) is 9.59 Å². The zero-order valence-corrected chi connectivity index (χ0v) is 13.8. The maximum atomic E-state index is 12.7. The van der Waals surface area contributed by atoms with Crippen molar-refractivity contribution in [1.29, 1.82) is 0 Å². The maximum Gasteiger partial charge on any atom is 0.331 e. The van der Waals surface area contributed by atoms with Crippen molar-refractivity contribution in [3.63, 3.8) is 0 Å². The molecule has 0 aromatic rings. The summed E-state index contributed by atoms with van der Waals surface area (Å²) < 4.78 is 5.16. The van der Waals surface area contributed by atoms with E-state index in [1.54, 1.807) is 6.92 Å². The average Bonchev–Trinajstić information content (AvgIpc) is 3.15. The van der Waals surface area contributed by atoms with Crippen molar-refractivity contribution in [2.75, 3.05) is 26.7 Å². The fourth-order valence-corrected chi connectivity index (χ4v) is 4.43. The second-order valence-electron chi connectivity index (χ2n) is 7.23. The van der Waals surface area contributed by atoms with Crippen molar-refractivity contribution < 1.29 is 14.3 Å². The van der Waals surface area contributed by atoms with Crippen LogP contribution < -0.4 is 0 Å². The predicted molar refractivity (Wildman–Crippen MR) is 83.3 cm³/mol. The molecule has 3 rings (SSSR count). The lowest BCUT2D eigenvalue weighted by molar-refractivity contribution is -0.168. The van der Waals surface area contributed by atoms with Crippen molar-refractivity contribution in [3.05, 3.63) is 0 Å². The van der Waals surface area contributed by atoms with Gasteiger partial charge >= 0.3 is 5.97 Å². The molecular formula is C17H28N2O3. The van der Waals surface area contributed by atoms with Crippen LogP contribution in [0.4, 0.5) is 0 Å². The van der Waals surface area contributed by atoms with Crippen LogP contribution >= 0.6 is 0 Å². The van der Waals surface area contributed by atoms with E-state index in [0.717, 1.165) is 32.4 Å². The van der Waals surface area contributed by atoms with Crippen LogP contribution in [-0.2, 0) is 14.3 Å². The lowest BCUT2D eigenvalue weighted by Crippen LogP contribution is -2.64. The summed E-state index contributed by atoms with van der Waals surface area (Å²) in [5, 5.41) is 0. The zero-order chi connectivity index (χ0) is 15.7. The maximum absolute atomic E-state index is 12.7. The first-order valence-corrected chi connectivity index (χ1v) is 8.67. The Morgan fingerprint density at radius 2 is 1.82 bits per heavy atom. The molecule has 3 aliphatic rings. The highest BCUT2D eigenvalue weighted by atomic mass is 16.5. The number of hydrogen-bond donors (Lipinski definition) is 0. The number of rotatable bonds is 4. The third-order valence-corrected chi connectivity index (χ3v) is 5.70. The van der Waals surface area contributed by atoms with E-state index in [-0.39, 0.29) is 11.9 Å². The van der Waals surface area contributed by atoms with Crippen LogP contribution in [0.15, 0.2) is 0 Å². The minimum Gasteiger partial charge on any atom is -0.467 e. The average molecular weight is 308 g/mol. The number of hydrogen-bond acceptors (Lipinski definition) is 4. The molecule has 1 amide bonds. The second-order valence-corrected chi connectivity index (χ2v) is 7.23. The lowest BCUT2D eigenvalue weighted by atomic mass is 9.79. The Hall–Kier alpha value is -1.10. The molecule has 22 heavy (non-hydrogen) atoms. The molecule has 2 unspecified atom stereocenters. The molecule has 124 valence electrons. The number of carbonyl (C=O) groups excluding carboxylic acids is 2. The van der Waals surface area contributed by atoms with Crippen LogP contribution in [0.25, 0.3) is 0 Å². The third-order valence-electron chi connectivity index (χ3n) is 5.70. The highest BCUT2D eigenvalue weighted by Crippen LogP contribution is 2.44. The summed E-state index contributed by atoms with van der Waals surface area (Å²) in [6, 6.07) is 0.413. The molecule has 5 nitrogen and oxygen atoms in total. The van der Waals surface area contributed by atoms with E-state index in [1.807, 2.05) is 4.90 Å². The largest absolute Gasteiger partial charge is 0.467 e. The fraction of sp³-hybridized carbons (Fsp3) is 0.882. The van der Waals surface area contributed by atoms with Crippen LogP contribution in [0.3, 0.4) is 0 Å². The molecule has 2 heterocycles. The van der Waals surface area contributed by atoms with Crippen LogP contribution in [-0.4, -0.2) is 60.0 Å². The molecule has 2 atom stereocenters. The quantitative estimate of drug-likeness (QED) is 0.743. The van der Waals surface area contributed by atoms with Gasteiger partial charge in [-0.2, -0.15) is 0 Å². The normalized spacial score (nSPS) is 33.0. The molecular weight excluding hydrogens is 280 g/mol. The van der Waals surface area contributed by atoms with Gasteiger partial charge in [0.1, 0.15) is 5.54 Å². The van der Waals surface area contributed by atoms with Crippen molar-refractivity contribution >= 4 is 11.9 Å². The van der Waals surface area contributed by atoms with Crippen LogP contribution in [0.5, 0.6) is 0 Å². The molecule has 0 radical (unpaired) electrons. The van der Waals surface area contributed by atoms with E-state index >= 15 is 0 Å². The zero-order valence-electron chi connectivity index (χ0n) is 13.8. The molecule has 1 saturated carbocycles. The van der Waals surface area contributed by atoms with Crippen molar-refractivity contribution in [3.8, 4) is 0 Å². The number of esters is 1. The molecule has 0 bridgehead atoms. The summed E-state index contributed by atoms with van der Waals surface area (Å²) >= 11 is 0. The minimum absolute atomic E-state index is 0.00548. The molecule has 0 spiro atoms. The SMILES string of the molecule is COC(=O)C1(CC2CC2)CC(N2CCCC2)CCN1C(C)=O. The molecule has 2 saturated heterocycles. The Bertz CT molecular complexity index is 443. The van der Waals surface area contributed by atoms with Gasteiger partial charge in [0, 0.05) is 19.5 Å². The number of methoxy groups -OCH3 is 1. The summed E-state index contributed by atoms with van der Waals surface area (Å²) in [5.74, 6) is 0.377. The smallest absolute Gasteiger partial charge is 0.331 e. The number of likely N-dealkylation sites (tertiary alicyclic amines) is 2. The van der Waals surface area contributed by atoms with Gasteiger partial charge in [0.15, 0.2) is 0 Å². The third kappa shape index (κ3) is 2.87. The Balaban J connectivity index is 1.86. The Morgan fingerprint density at radius 1 is 1.14 bits per heavy atom. The number of carbonyl (C=O) groups is 2. The summed E-state index contributed by atoms with van der Waals surface area (Å²) in [6.07, 6.45) is 7.36. The van der Waals surface area contributed by atoms with Gasteiger partial charge in [-0.3, -0.25) is 4.79 Å². The summed E-state index contributed by atoms with van der Waals surface area (Å²) in [5.41, 5.74) is -0.729. The van der Waals surface area contributed by atoms with E-state index in [4.69, 9.17) is 4.74 Å². The van der Waals surface area contributed by atoms with E-state index in [2.05, 4.69) is 4.90 Å². The Morgan fingerprint density at radius 3 is 2.36 bits per heavy atom. The topological polar surface area (TPSA) is 49.9 Å². The first-order chi connectivity index (χ1) is 10.6. The minimum atomic E-state index is -0.729. The van der Waals surface area contributed by atoms with Gasteiger partial charge in [-0.15, -0.1) is 0 Å². The highest BCUT2D eigenvalue weighted by molar-refractivity contribution is 5.87. The molecule has 0 N–H and O–H groups in total. The molecule has 1 aliphatic carbocycles. The van der Waals surface area contributed by atoms with Crippen molar-refractivity contribution in [2.24, 2.45) is 5.92 Å². The van der Waals surface area contributed by atoms with Crippen LogP contribution in [0.1, 0.15) is 51.9 Å². The molecule has 0 aromatic carbocycles. The van der Waals surface area contributed by atoms with Gasteiger partial charge in [-0.05, 0) is 51.1 Å². The van der Waals surface area contributed by atoms with Crippen LogP contribution in [0.2, 0.25) is 0 Å². The second kappa shape index (κ2) is 6.19. The summed E-state index contributed by atoms with van der Waals surface area (Å²) in [7, 11) is 1.45. The Labute approximate surface area is 133 Å². The van der Waals surface area contributed by atoms with Gasteiger partial charge in [-0.1, -0.05) is 12.8 Å². The van der Waals surface area contributed by atoms with Gasteiger partial charge in [0.05, 0.1) is 7.11 Å². The van der Waals surface area contributed by atoms with Crippen molar-refractivity contribution in [1.82, 2.24) is 9.80 Å². The van der Waals surface area contributed by atoms with Gasteiger partial charge in [-0.25, -0.2) is 4.79 Å². The molecule has 0 aromatic heterocycles. The first kappa shape index (κ1) is 15.8. The molecule has 3 fully saturated rings. The highest BCUT2D eigenvalue weighted by Gasteiger charge is 2.53. The van der Waals surface area contributed by atoms with Gasteiger partial charge in [0.2, 0.25) is 5.91 Å². The number of nitrogens with zero attached hydrogens (tertiary/aromatic N) is 2. The van der Waals surface area contributed by atoms with Gasteiger partial charge < -0.3 is 14.5 Å². The first-order valence-electron chi connectivity index (χ1n) is 8.67. The van der Waals surface area contributed by atoms with Gasteiger partial charge in [0.25, 0.3) is 0 Å². The van der Waals surface area contributed by atoms with E-state index < -0.39 is 5.54 Å².